The van der Waals surface area contributed by atoms with E-state index in [2.05, 4.69) is 86.4 Å². The number of carboxylic acids is 2. The van der Waals surface area contributed by atoms with Gasteiger partial charge in [-0.15, -0.1) is 0 Å². The molecule has 0 aromatic rings. The molecule has 0 saturated heterocycles. The summed E-state index contributed by atoms with van der Waals surface area (Å²) >= 11 is 4.22. The van der Waals surface area contributed by atoms with E-state index in [0.29, 0.717) is 12.8 Å². The smallest absolute Gasteiger partial charge is 0.326 e. The van der Waals surface area contributed by atoms with E-state index in [9.17, 15) is 82.4 Å². The number of carbonyl (C=O) groups is 14. The first-order valence-corrected chi connectivity index (χ1v) is 38.3. The van der Waals surface area contributed by atoms with Gasteiger partial charge in [-0.25, -0.2) is 4.79 Å². The maximum absolute atomic E-state index is 14.7. The average Bonchev–Trinajstić information content (AvgIpc) is 0.847. The van der Waals surface area contributed by atoms with E-state index in [0.717, 1.165) is 0 Å². The molecular formula is C70H131N21O17S. The Kier molecular flexibility index (Phi) is 49.7. The number of guanidine groups is 2. The van der Waals surface area contributed by atoms with Crippen LogP contribution in [0.3, 0.4) is 0 Å². The van der Waals surface area contributed by atoms with Crippen molar-refractivity contribution in [2.45, 2.75) is 271 Å². The molecule has 0 spiro atoms. The van der Waals surface area contributed by atoms with E-state index in [-0.39, 0.29) is 151 Å². The summed E-state index contributed by atoms with van der Waals surface area (Å²) in [4.78, 5) is 202. The number of rotatable bonds is 57. The first-order chi connectivity index (χ1) is 51.1. The molecule has 0 heterocycles. The van der Waals surface area contributed by atoms with Crippen LogP contribution in [0.4, 0.5) is 0 Å². The van der Waals surface area contributed by atoms with Gasteiger partial charge in [0.2, 0.25) is 70.9 Å². The number of nitrogens with one attached hydrogen (secondary N) is 12. The Morgan fingerprint density at radius 3 is 0.972 bits per heavy atom. The standard InChI is InChI=1S/C70H131N21O17S/c1-13-40(11)54(90-59(98)45(24-20-30-79-70(76)77)81-63(102)50(34-92)88-62(101)48(32-37(5)6)86-65(104)53(73)39(9)10)66(105)84-43(22-16-18-28-72)57(96)85-47(31-36(3)4)61(100)82-46(25-26-52(93)94)60(99)91-55(41(12)14-2)67(106)83-42(21-15-17-27-71)56(95)80-44(23-19-29-78-69(74)75)58(97)89-51(35-109)64(103)87-49(68(107)108)33-38(7)8/h36-51,53-55,92,109H,13-35,71-73H2,1-12H3,(H,80,95)(H,81,102)(H,82,100)(H,83,106)(H,84,105)(H,85,96)(H,86,104)(H,87,103)(H,88,101)(H,89,97)(H,90,98)(H,91,99)(H,93,94)(H,107,108)(H4,74,75,78)(H4,76,77,79)/t40-,41-,42-,43-,44-,45-,46-,47-,48-,49-,50-,51-,53-,54-,55-/m0/s1. The van der Waals surface area contributed by atoms with Crippen LogP contribution in [0.15, 0.2) is 9.98 Å². The van der Waals surface area contributed by atoms with Crippen LogP contribution in [-0.4, -0.2) is 227 Å². The average molecular weight is 1570 g/mol. The lowest BCUT2D eigenvalue weighted by Crippen LogP contribution is -2.62. The highest BCUT2D eigenvalue weighted by atomic mass is 32.1. The van der Waals surface area contributed by atoms with Crippen molar-refractivity contribution in [1.29, 1.82) is 0 Å². The van der Waals surface area contributed by atoms with Gasteiger partial charge in [-0.1, -0.05) is 95.9 Å². The Labute approximate surface area is 645 Å². The van der Waals surface area contributed by atoms with Crippen LogP contribution >= 0.6 is 12.6 Å². The highest BCUT2D eigenvalue weighted by Gasteiger charge is 2.39. The van der Waals surface area contributed by atoms with Gasteiger partial charge in [0.25, 0.3) is 0 Å². The summed E-state index contributed by atoms with van der Waals surface area (Å²) in [6, 6.07) is -18.2. The minimum absolute atomic E-state index is 0.00469. The molecule has 0 unspecified atom stereocenters. The lowest BCUT2D eigenvalue weighted by molar-refractivity contribution is -0.142. The summed E-state index contributed by atoms with van der Waals surface area (Å²) in [5, 5.41) is 61.3. The van der Waals surface area contributed by atoms with Crippen molar-refractivity contribution in [2.75, 3.05) is 38.5 Å². The second-order valence-electron chi connectivity index (χ2n) is 29.1. The van der Waals surface area contributed by atoms with Gasteiger partial charge in [0.15, 0.2) is 11.9 Å². The number of hydrogen-bond acceptors (Lipinski definition) is 21. The number of nitrogens with zero attached hydrogens (tertiary/aromatic N) is 2. The molecule has 0 radical (unpaired) electrons. The molecule has 0 fully saturated rings. The van der Waals surface area contributed by atoms with Crippen molar-refractivity contribution in [3.8, 4) is 0 Å². The zero-order chi connectivity index (χ0) is 83.4. The number of carbonyl (C=O) groups excluding carboxylic acids is 12. The molecule has 0 aliphatic rings. The van der Waals surface area contributed by atoms with Crippen LogP contribution in [0, 0.1) is 35.5 Å². The molecule has 0 aromatic heterocycles. The van der Waals surface area contributed by atoms with Gasteiger partial charge in [0, 0.05) is 25.3 Å². The lowest BCUT2D eigenvalue weighted by atomic mass is 9.96. The number of aliphatic hydroxyl groups is 1. The van der Waals surface area contributed by atoms with Gasteiger partial charge >= 0.3 is 11.9 Å². The molecular weight excluding hydrogens is 1440 g/mol. The van der Waals surface area contributed by atoms with Crippen LogP contribution in [0.25, 0.3) is 0 Å². The quantitative estimate of drug-likeness (QED) is 0.0120. The van der Waals surface area contributed by atoms with Gasteiger partial charge in [0.05, 0.1) is 12.6 Å². The number of aliphatic carboxylic acids is 2. The number of hydrogen-bond donors (Lipinski definition) is 23. The van der Waals surface area contributed by atoms with Crippen molar-refractivity contribution in [3.63, 3.8) is 0 Å². The zero-order valence-electron chi connectivity index (χ0n) is 65.7. The summed E-state index contributed by atoms with van der Waals surface area (Å²) in [5.74, 6) is -16.4. The minimum atomic E-state index is -1.69. The van der Waals surface area contributed by atoms with Gasteiger partial charge < -0.3 is 119 Å². The van der Waals surface area contributed by atoms with E-state index in [1.807, 2.05) is 0 Å². The highest BCUT2D eigenvalue weighted by Crippen LogP contribution is 2.17. The normalized spacial score (nSPS) is 15.5. The van der Waals surface area contributed by atoms with Crippen molar-refractivity contribution in [2.24, 2.45) is 85.6 Å². The maximum Gasteiger partial charge on any atom is 0.326 e. The topological polar surface area (TPSA) is 651 Å². The van der Waals surface area contributed by atoms with Crippen molar-refractivity contribution < 1.29 is 82.4 Å². The molecule has 12 amide bonds. The molecule has 38 nitrogen and oxygen atoms in total. The Morgan fingerprint density at radius 2 is 0.651 bits per heavy atom. The van der Waals surface area contributed by atoms with E-state index in [1.54, 1.807) is 83.1 Å². The van der Waals surface area contributed by atoms with Crippen molar-refractivity contribution in [3.05, 3.63) is 0 Å². The second-order valence-corrected chi connectivity index (χ2v) is 29.5. The largest absolute Gasteiger partial charge is 0.481 e. The molecule has 0 rings (SSSR count). The fourth-order valence-electron chi connectivity index (χ4n) is 11.0. The number of aliphatic imine (C=N–C) groups is 2. The number of nitrogens with two attached hydrogens (primary N) is 7. The Morgan fingerprint density at radius 1 is 0.367 bits per heavy atom. The molecule has 624 valence electrons. The van der Waals surface area contributed by atoms with Crippen LogP contribution in [0.2, 0.25) is 0 Å². The number of amides is 12. The summed E-state index contributed by atoms with van der Waals surface area (Å²) in [6.45, 7) is 20.1. The first kappa shape index (κ1) is 100. The molecule has 0 aromatic carbocycles. The predicted octanol–water partition coefficient (Wildman–Crippen LogP) is -3.75. The molecule has 0 aliphatic heterocycles. The predicted molar refractivity (Wildman–Crippen MR) is 414 cm³/mol. The lowest BCUT2D eigenvalue weighted by Gasteiger charge is -2.30. The van der Waals surface area contributed by atoms with E-state index in [4.69, 9.17) is 40.1 Å². The van der Waals surface area contributed by atoms with Gasteiger partial charge in [0.1, 0.15) is 72.5 Å². The van der Waals surface area contributed by atoms with Gasteiger partial charge in [-0.2, -0.15) is 12.6 Å². The molecule has 109 heavy (non-hydrogen) atoms. The maximum atomic E-state index is 14.7. The molecule has 15 atom stereocenters. The Hall–Kier alpha value is -8.69. The number of carboxylic acid groups (broad SMARTS) is 2. The molecule has 0 bridgehead atoms. The van der Waals surface area contributed by atoms with E-state index in [1.165, 1.54) is 0 Å². The first-order valence-electron chi connectivity index (χ1n) is 37.7. The molecule has 29 N–H and O–H groups in total. The minimum Gasteiger partial charge on any atom is -0.481 e. The fourth-order valence-corrected chi connectivity index (χ4v) is 11.3. The van der Waals surface area contributed by atoms with E-state index >= 15 is 0 Å². The summed E-state index contributed by atoms with van der Waals surface area (Å²) in [7, 11) is 0. The van der Waals surface area contributed by atoms with E-state index < -0.39 is 193 Å². The van der Waals surface area contributed by atoms with Crippen molar-refractivity contribution >= 4 is 107 Å². The number of aliphatic hydroxyl groups excluding tert-OH is 1. The summed E-state index contributed by atoms with van der Waals surface area (Å²) in [6.07, 6.45) is 0.495. The second kappa shape index (κ2) is 54.0. The van der Waals surface area contributed by atoms with Crippen LogP contribution < -0.4 is 104 Å². The van der Waals surface area contributed by atoms with Crippen LogP contribution in [0.5, 0.6) is 0 Å². The fraction of sp³-hybridized carbons (Fsp3) is 0.771. The summed E-state index contributed by atoms with van der Waals surface area (Å²) in [5.41, 5.74) is 39.9. The van der Waals surface area contributed by atoms with Crippen LogP contribution in [-0.2, 0) is 67.1 Å². The van der Waals surface area contributed by atoms with Gasteiger partial charge in [-0.3, -0.25) is 72.3 Å². The molecule has 39 heteroatoms. The SMILES string of the molecule is CC[C@H](C)[C@H](NC(=O)[C@H](CCC(=O)O)NC(=O)[C@H](CC(C)C)NC(=O)[C@H](CCCCN)NC(=O)[C@@H](NC(=O)[C@H](CCCN=C(N)N)NC(=O)[C@H](CO)NC(=O)[C@H](CC(C)C)NC(=O)[C@@H](N)C(C)C)[C@@H](C)CC)C(=O)N[C@@H](CCCCN)C(=O)N[C@@H](CCCN=C(N)N)C(=O)N[C@@H](CS)C(=O)N[C@@H](CC(C)C)C(=O)O. The third-order valence-electron chi connectivity index (χ3n) is 17.8. The highest BCUT2D eigenvalue weighted by molar-refractivity contribution is 7.80. The number of thiol groups is 1. The Bertz CT molecular complexity index is 2980. The molecule has 0 saturated carbocycles. The third-order valence-corrected chi connectivity index (χ3v) is 18.2. The summed E-state index contributed by atoms with van der Waals surface area (Å²) < 4.78 is 0. The zero-order valence-corrected chi connectivity index (χ0v) is 66.6. The van der Waals surface area contributed by atoms with Crippen LogP contribution in [0.1, 0.15) is 192 Å². The van der Waals surface area contributed by atoms with Crippen molar-refractivity contribution in [1.82, 2.24) is 63.8 Å². The molecule has 0 aliphatic carbocycles. The Balaban J connectivity index is 7.36. The monoisotopic (exact) mass is 1570 g/mol. The van der Waals surface area contributed by atoms with Gasteiger partial charge in [-0.05, 0) is 138 Å². The number of unbranched alkanes of at least 4 members (excludes halogenated alkanes) is 2. The third kappa shape index (κ3) is 40.5.